The smallest absolute Gasteiger partial charge is 0.127 e. The maximum atomic E-state index is 14.1. The van der Waals surface area contributed by atoms with Crippen molar-refractivity contribution in [3.05, 3.63) is 52.6 Å². The highest BCUT2D eigenvalue weighted by Crippen LogP contribution is 2.23. The van der Waals surface area contributed by atoms with Crippen molar-refractivity contribution in [3.8, 4) is 0 Å². The molecule has 0 saturated carbocycles. The molecule has 3 rings (SSSR count). The fraction of sp³-hybridized carbons (Fsp3) is 0.591. The summed E-state index contributed by atoms with van der Waals surface area (Å²) in [6.07, 6.45) is 0.703. The van der Waals surface area contributed by atoms with Crippen LogP contribution in [0.2, 0.25) is 0 Å². The molecule has 2 heterocycles. The Morgan fingerprint density at radius 1 is 1.18 bits per heavy atom. The molecule has 5 nitrogen and oxygen atoms in total. The first-order valence-corrected chi connectivity index (χ1v) is 10.3. The van der Waals surface area contributed by atoms with Crippen LogP contribution in [0.3, 0.4) is 0 Å². The number of rotatable bonds is 7. The Balaban J connectivity index is 1.70. The van der Waals surface area contributed by atoms with E-state index in [9.17, 15) is 9.50 Å². The zero-order valence-corrected chi connectivity index (χ0v) is 17.5. The van der Waals surface area contributed by atoms with Crippen LogP contribution in [0.5, 0.6) is 0 Å². The molecule has 0 spiro atoms. The minimum absolute atomic E-state index is 0.148. The SMILES string of the molecule is Cc1nn(C(C)C)c(C)c1CN1CCN(Cc2ccccc2F)[C@H](CCO)C1. The number of benzene rings is 1. The van der Waals surface area contributed by atoms with E-state index in [-0.39, 0.29) is 18.5 Å². The van der Waals surface area contributed by atoms with Crippen molar-refractivity contribution in [2.45, 2.75) is 59.3 Å². The van der Waals surface area contributed by atoms with Crippen molar-refractivity contribution < 1.29 is 9.50 Å². The molecule has 28 heavy (non-hydrogen) atoms. The number of aliphatic hydroxyl groups excluding tert-OH is 1. The van der Waals surface area contributed by atoms with Crippen LogP contribution in [-0.4, -0.2) is 57.0 Å². The quantitative estimate of drug-likeness (QED) is 0.791. The van der Waals surface area contributed by atoms with Gasteiger partial charge in [-0.05, 0) is 40.2 Å². The minimum atomic E-state index is -0.153. The van der Waals surface area contributed by atoms with Gasteiger partial charge in [-0.15, -0.1) is 0 Å². The van der Waals surface area contributed by atoms with Crippen LogP contribution in [0.1, 0.15) is 48.8 Å². The van der Waals surface area contributed by atoms with Crippen LogP contribution < -0.4 is 0 Å². The summed E-state index contributed by atoms with van der Waals surface area (Å²) in [5, 5.41) is 14.3. The van der Waals surface area contributed by atoms with Gasteiger partial charge in [0.25, 0.3) is 0 Å². The van der Waals surface area contributed by atoms with Crippen LogP contribution in [0.25, 0.3) is 0 Å². The third-order valence-corrected chi connectivity index (χ3v) is 5.83. The minimum Gasteiger partial charge on any atom is -0.396 e. The molecule has 0 radical (unpaired) electrons. The van der Waals surface area contributed by atoms with Gasteiger partial charge in [-0.25, -0.2) is 4.39 Å². The van der Waals surface area contributed by atoms with Crippen LogP contribution in [0, 0.1) is 19.7 Å². The second-order valence-corrected chi connectivity index (χ2v) is 8.15. The van der Waals surface area contributed by atoms with E-state index in [4.69, 9.17) is 5.10 Å². The van der Waals surface area contributed by atoms with E-state index >= 15 is 0 Å². The van der Waals surface area contributed by atoms with E-state index in [1.165, 1.54) is 17.3 Å². The lowest BCUT2D eigenvalue weighted by atomic mass is 10.1. The van der Waals surface area contributed by atoms with E-state index < -0.39 is 0 Å². The summed E-state index contributed by atoms with van der Waals surface area (Å²) in [4.78, 5) is 4.75. The fourth-order valence-electron chi connectivity index (χ4n) is 4.23. The van der Waals surface area contributed by atoms with Gasteiger partial charge in [0.2, 0.25) is 0 Å². The molecule has 1 atom stereocenters. The lowest BCUT2D eigenvalue weighted by molar-refractivity contribution is 0.0491. The third-order valence-electron chi connectivity index (χ3n) is 5.83. The zero-order valence-electron chi connectivity index (χ0n) is 17.5. The average Bonchev–Trinajstić information content (AvgIpc) is 2.94. The summed E-state index contributed by atoms with van der Waals surface area (Å²) >= 11 is 0. The number of aliphatic hydroxyl groups is 1. The largest absolute Gasteiger partial charge is 0.396 e. The van der Waals surface area contributed by atoms with Gasteiger partial charge in [0.05, 0.1) is 5.69 Å². The standard InChI is InChI=1S/C22H33FN4O/c1-16(2)27-18(4)21(17(3)24-27)15-25-10-11-26(20(14-25)9-12-28)13-19-7-5-6-8-22(19)23/h5-8,16,20,28H,9-15H2,1-4H3/t20-/m1/s1. The van der Waals surface area contributed by atoms with Gasteiger partial charge in [0, 0.05) is 68.2 Å². The van der Waals surface area contributed by atoms with E-state index in [1.54, 1.807) is 6.07 Å². The summed E-state index contributed by atoms with van der Waals surface area (Å²) in [5.74, 6) is -0.153. The Kier molecular flexibility index (Phi) is 6.86. The van der Waals surface area contributed by atoms with Gasteiger partial charge in [0.1, 0.15) is 5.82 Å². The van der Waals surface area contributed by atoms with Crippen molar-refractivity contribution in [2.24, 2.45) is 0 Å². The molecule has 154 valence electrons. The van der Waals surface area contributed by atoms with Crippen molar-refractivity contribution in [1.82, 2.24) is 19.6 Å². The third kappa shape index (κ3) is 4.62. The van der Waals surface area contributed by atoms with Gasteiger partial charge in [-0.3, -0.25) is 14.5 Å². The highest BCUT2D eigenvalue weighted by Gasteiger charge is 2.28. The molecule has 1 N–H and O–H groups in total. The lowest BCUT2D eigenvalue weighted by Crippen LogP contribution is -2.52. The monoisotopic (exact) mass is 388 g/mol. The van der Waals surface area contributed by atoms with Crippen LogP contribution in [0.15, 0.2) is 24.3 Å². The van der Waals surface area contributed by atoms with Gasteiger partial charge < -0.3 is 5.11 Å². The number of hydrogen-bond acceptors (Lipinski definition) is 4. The molecule has 1 aromatic heterocycles. The maximum absolute atomic E-state index is 14.1. The van der Waals surface area contributed by atoms with E-state index in [0.717, 1.165) is 37.4 Å². The van der Waals surface area contributed by atoms with Gasteiger partial charge in [0.15, 0.2) is 0 Å². The highest BCUT2D eigenvalue weighted by atomic mass is 19.1. The number of aromatic nitrogens is 2. The lowest BCUT2D eigenvalue weighted by Gasteiger charge is -2.41. The fourth-order valence-corrected chi connectivity index (χ4v) is 4.23. The van der Waals surface area contributed by atoms with Crippen LogP contribution >= 0.6 is 0 Å². The molecule has 0 bridgehead atoms. The van der Waals surface area contributed by atoms with E-state index in [2.05, 4.69) is 42.2 Å². The van der Waals surface area contributed by atoms with Gasteiger partial charge in [-0.2, -0.15) is 5.10 Å². The summed E-state index contributed by atoms with van der Waals surface area (Å²) in [5.41, 5.74) is 4.36. The highest BCUT2D eigenvalue weighted by molar-refractivity contribution is 5.25. The number of hydrogen-bond donors (Lipinski definition) is 1. The summed E-state index contributed by atoms with van der Waals surface area (Å²) in [7, 11) is 0. The number of halogens is 1. The van der Waals surface area contributed by atoms with Crippen LogP contribution in [0.4, 0.5) is 4.39 Å². The molecule has 1 aliphatic rings. The predicted molar refractivity (Wildman–Crippen MR) is 110 cm³/mol. The molecule has 0 unspecified atom stereocenters. The second kappa shape index (κ2) is 9.16. The van der Waals surface area contributed by atoms with Gasteiger partial charge in [-0.1, -0.05) is 18.2 Å². The normalized spacial score (nSPS) is 18.9. The summed E-state index contributed by atoms with van der Waals surface area (Å²) in [6, 6.07) is 7.55. The topological polar surface area (TPSA) is 44.5 Å². The van der Waals surface area contributed by atoms with Crippen molar-refractivity contribution >= 4 is 0 Å². The molecule has 2 aromatic rings. The first kappa shape index (κ1) is 21.0. The first-order chi connectivity index (χ1) is 13.4. The van der Waals surface area contributed by atoms with Crippen molar-refractivity contribution in [1.29, 1.82) is 0 Å². The zero-order chi connectivity index (χ0) is 20.3. The van der Waals surface area contributed by atoms with Crippen LogP contribution in [-0.2, 0) is 13.1 Å². The molecular formula is C22H33FN4O. The molecule has 6 heteroatoms. The molecular weight excluding hydrogens is 355 g/mol. The Hall–Kier alpha value is -1.76. The summed E-state index contributed by atoms with van der Waals surface area (Å²) in [6.45, 7) is 12.8. The Morgan fingerprint density at radius 2 is 1.93 bits per heavy atom. The van der Waals surface area contributed by atoms with E-state index in [1.807, 2.05) is 12.1 Å². The van der Waals surface area contributed by atoms with Crippen molar-refractivity contribution in [2.75, 3.05) is 26.2 Å². The molecule has 1 aromatic carbocycles. The Bertz CT molecular complexity index is 789. The predicted octanol–water partition coefficient (Wildman–Crippen LogP) is 3.29. The summed E-state index contributed by atoms with van der Waals surface area (Å²) < 4.78 is 16.2. The number of piperazine rings is 1. The molecule has 1 saturated heterocycles. The first-order valence-electron chi connectivity index (χ1n) is 10.3. The van der Waals surface area contributed by atoms with Crippen molar-refractivity contribution in [3.63, 3.8) is 0 Å². The molecule has 0 amide bonds. The maximum Gasteiger partial charge on any atom is 0.127 e. The second-order valence-electron chi connectivity index (χ2n) is 8.15. The molecule has 0 aliphatic carbocycles. The molecule has 1 aliphatic heterocycles. The average molecular weight is 389 g/mol. The number of aryl methyl sites for hydroxylation is 1. The van der Waals surface area contributed by atoms with E-state index in [0.29, 0.717) is 19.0 Å². The Morgan fingerprint density at radius 3 is 2.57 bits per heavy atom. The number of nitrogens with zero attached hydrogens (tertiary/aromatic N) is 4. The Labute approximate surface area is 167 Å². The van der Waals surface area contributed by atoms with Gasteiger partial charge >= 0.3 is 0 Å². The molecule has 1 fully saturated rings.